The van der Waals surface area contributed by atoms with Gasteiger partial charge in [-0.25, -0.2) is 0 Å². The van der Waals surface area contributed by atoms with Gasteiger partial charge in [-0.3, -0.25) is 0 Å². The number of benzene rings is 2. The first-order valence-electron chi connectivity index (χ1n) is 7.06. The molecule has 0 bridgehead atoms. The molecule has 1 saturated heterocycles. The summed E-state index contributed by atoms with van der Waals surface area (Å²) < 4.78 is 10.9. The van der Waals surface area contributed by atoms with E-state index >= 15 is 0 Å². The number of aliphatic hydroxyl groups is 4. The van der Waals surface area contributed by atoms with Crippen LogP contribution in [0, 0.1) is 0 Å². The zero-order valence-electron chi connectivity index (χ0n) is 12.2. The number of ether oxygens (including phenoxy) is 2. The van der Waals surface area contributed by atoms with Crippen molar-refractivity contribution < 1.29 is 35.4 Å². The van der Waals surface area contributed by atoms with Crippen LogP contribution in [0.5, 0.6) is 5.75 Å². The molecule has 7 heteroatoms. The lowest BCUT2D eigenvalue weighted by atomic mass is 9.99. The van der Waals surface area contributed by atoms with Gasteiger partial charge in [0.25, 0.3) is 0 Å². The Morgan fingerprint density at radius 1 is 0.913 bits per heavy atom. The summed E-state index contributed by atoms with van der Waals surface area (Å²) in [6, 6.07) is 13.1. The van der Waals surface area contributed by atoms with Gasteiger partial charge in [-0.2, -0.15) is 0 Å². The van der Waals surface area contributed by atoms with E-state index in [-0.39, 0.29) is 5.48 Å². The molecule has 5 atom stereocenters. The SMILES string of the molecule is O.OC[C@H]1O[C@@H](Oc2ccc3ccccc3c2)[C@H](O)[C@@H](O)[C@H]1O. The predicted octanol–water partition coefficient (Wildman–Crippen LogP) is -0.806. The maximum Gasteiger partial charge on any atom is 0.229 e. The molecule has 0 amide bonds. The summed E-state index contributed by atoms with van der Waals surface area (Å²) in [7, 11) is 0. The van der Waals surface area contributed by atoms with E-state index in [0.717, 1.165) is 10.8 Å². The van der Waals surface area contributed by atoms with Gasteiger partial charge in [0.1, 0.15) is 30.2 Å². The average Bonchev–Trinajstić information content (AvgIpc) is 2.55. The second-order valence-electron chi connectivity index (χ2n) is 5.32. The fourth-order valence-corrected chi connectivity index (χ4v) is 2.54. The quantitative estimate of drug-likeness (QED) is 0.584. The molecular weight excluding hydrogens is 304 g/mol. The van der Waals surface area contributed by atoms with Crippen LogP contribution in [0.3, 0.4) is 0 Å². The smallest absolute Gasteiger partial charge is 0.229 e. The van der Waals surface area contributed by atoms with Gasteiger partial charge in [-0.15, -0.1) is 0 Å². The number of fused-ring (bicyclic) bond motifs is 1. The molecule has 1 fully saturated rings. The molecule has 1 heterocycles. The monoisotopic (exact) mass is 324 g/mol. The van der Waals surface area contributed by atoms with Gasteiger partial charge >= 0.3 is 0 Å². The summed E-state index contributed by atoms with van der Waals surface area (Å²) in [5, 5.41) is 40.6. The molecule has 3 rings (SSSR count). The lowest BCUT2D eigenvalue weighted by Crippen LogP contribution is -2.60. The molecular formula is C16H20O7. The Bertz CT molecular complexity index is 645. The van der Waals surface area contributed by atoms with Crippen molar-refractivity contribution in [3.05, 3.63) is 42.5 Å². The van der Waals surface area contributed by atoms with E-state index in [4.69, 9.17) is 14.6 Å². The summed E-state index contributed by atoms with van der Waals surface area (Å²) in [6.45, 7) is -0.484. The number of rotatable bonds is 3. The van der Waals surface area contributed by atoms with E-state index in [0.29, 0.717) is 5.75 Å². The van der Waals surface area contributed by atoms with Gasteiger partial charge in [0.15, 0.2) is 0 Å². The van der Waals surface area contributed by atoms with Gasteiger partial charge in [-0.05, 0) is 22.9 Å². The van der Waals surface area contributed by atoms with Crippen molar-refractivity contribution in [2.24, 2.45) is 0 Å². The second-order valence-corrected chi connectivity index (χ2v) is 5.32. The Kier molecular flexibility index (Phi) is 5.53. The van der Waals surface area contributed by atoms with Crippen LogP contribution < -0.4 is 4.74 Å². The van der Waals surface area contributed by atoms with Crippen LogP contribution in [0.4, 0.5) is 0 Å². The van der Waals surface area contributed by atoms with Crippen molar-refractivity contribution in [3.63, 3.8) is 0 Å². The lowest BCUT2D eigenvalue weighted by molar-refractivity contribution is -0.277. The maximum absolute atomic E-state index is 9.95. The molecule has 0 spiro atoms. The third-order valence-corrected chi connectivity index (χ3v) is 3.82. The third kappa shape index (κ3) is 3.45. The molecule has 0 unspecified atom stereocenters. The van der Waals surface area contributed by atoms with Gasteiger partial charge in [0.05, 0.1) is 6.61 Å². The molecule has 2 aromatic rings. The second kappa shape index (κ2) is 7.22. The highest BCUT2D eigenvalue weighted by Crippen LogP contribution is 2.26. The largest absolute Gasteiger partial charge is 0.462 e. The first kappa shape index (κ1) is 17.6. The lowest BCUT2D eigenvalue weighted by Gasteiger charge is -2.39. The molecule has 1 aliphatic heterocycles. The predicted molar refractivity (Wildman–Crippen MR) is 82.0 cm³/mol. The summed E-state index contributed by atoms with van der Waals surface area (Å²) in [6.07, 6.45) is -6.40. The normalized spacial score (nSPS) is 30.7. The first-order chi connectivity index (χ1) is 10.6. The molecule has 126 valence electrons. The molecule has 23 heavy (non-hydrogen) atoms. The van der Waals surface area contributed by atoms with Crippen molar-refractivity contribution in [2.75, 3.05) is 6.61 Å². The van der Waals surface area contributed by atoms with E-state index in [1.165, 1.54) is 0 Å². The summed E-state index contributed by atoms with van der Waals surface area (Å²) >= 11 is 0. The number of hydrogen-bond donors (Lipinski definition) is 4. The van der Waals surface area contributed by atoms with Gasteiger partial charge in [-0.1, -0.05) is 30.3 Å². The fraction of sp³-hybridized carbons (Fsp3) is 0.375. The fourth-order valence-electron chi connectivity index (χ4n) is 2.54. The Balaban J connectivity index is 0.00000192. The zero-order chi connectivity index (χ0) is 15.7. The topological polar surface area (TPSA) is 131 Å². The van der Waals surface area contributed by atoms with Gasteiger partial charge in [0, 0.05) is 0 Å². The Morgan fingerprint density at radius 2 is 1.61 bits per heavy atom. The van der Waals surface area contributed by atoms with Gasteiger partial charge in [0.2, 0.25) is 6.29 Å². The summed E-state index contributed by atoms with van der Waals surface area (Å²) in [4.78, 5) is 0. The van der Waals surface area contributed by atoms with Gasteiger partial charge < -0.3 is 35.4 Å². The Morgan fingerprint density at radius 3 is 2.30 bits per heavy atom. The van der Waals surface area contributed by atoms with Crippen molar-refractivity contribution in [1.29, 1.82) is 0 Å². The first-order valence-corrected chi connectivity index (χ1v) is 7.06. The molecule has 1 aliphatic rings. The third-order valence-electron chi connectivity index (χ3n) is 3.82. The average molecular weight is 324 g/mol. The van der Waals surface area contributed by atoms with Crippen LogP contribution in [-0.4, -0.2) is 63.2 Å². The van der Waals surface area contributed by atoms with Crippen molar-refractivity contribution >= 4 is 10.8 Å². The van der Waals surface area contributed by atoms with E-state index < -0.39 is 37.3 Å². The number of hydrogen-bond acceptors (Lipinski definition) is 6. The Hall–Kier alpha value is -1.74. The minimum Gasteiger partial charge on any atom is -0.462 e. The Labute approximate surface area is 132 Å². The highest BCUT2D eigenvalue weighted by atomic mass is 16.7. The molecule has 7 nitrogen and oxygen atoms in total. The van der Waals surface area contributed by atoms with Crippen LogP contribution in [0.25, 0.3) is 10.8 Å². The van der Waals surface area contributed by atoms with Crippen LogP contribution in [-0.2, 0) is 4.74 Å². The minimum absolute atomic E-state index is 0. The van der Waals surface area contributed by atoms with Crippen molar-refractivity contribution in [2.45, 2.75) is 30.7 Å². The molecule has 0 aromatic heterocycles. The number of aliphatic hydroxyl groups excluding tert-OH is 4. The molecule has 0 aliphatic carbocycles. The highest BCUT2D eigenvalue weighted by molar-refractivity contribution is 5.83. The maximum atomic E-state index is 9.95. The molecule has 6 N–H and O–H groups in total. The van der Waals surface area contributed by atoms with E-state index in [9.17, 15) is 15.3 Å². The van der Waals surface area contributed by atoms with Crippen LogP contribution in [0.1, 0.15) is 0 Å². The van der Waals surface area contributed by atoms with Crippen molar-refractivity contribution in [3.8, 4) is 5.75 Å². The zero-order valence-corrected chi connectivity index (χ0v) is 12.2. The highest BCUT2D eigenvalue weighted by Gasteiger charge is 2.44. The molecule has 0 radical (unpaired) electrons. The summed E-state index contributed by atoms with van der Waals surface area (Å²) in [5.74, 6) is 0.461. The van der Waals surface area contributed by atoms with Crippen molar-refractivity contribution in [1.82, 2.24) is 0 Å². The van der Waals surface area contributed by atoms with Crippen LogP contribution in [0.15, 0.2) is 42.5 Å². The standard InChI is InChI=1S/C16H18O6.H2O/c17-8-12-13(18)14(19)15(20)16(22-12)21-11-6-5-9-3-1-2-4-10(9)7-11;/h1-7,12-20H,8H2;1H2/t12-,13+,14+,15-,16-;/m1./s1. The van der Waals surface area contributed by atoms with Crippen LogP contribution in [0.2, 0.25) is 0 Å². The van der Waals surface area contributed by atoms with Crippen LogP contribution >= 0.6 is 0 Å². The van der Waals surface area contributed by atoms with E-state index in [1.807, 2.05) is 30.3 Å². The van der Waals surface area contributed by atoms with E-state index in [2.05, 4.69) is 0 Å². The minimum atomic E-state index is -1.45. The molecule has 0 saturated carbocycles. The summed E-state index contributed by atoms with van der Waals surface area (Å²) in [5.41, 5.74) is 0. The molecule has 2 aromatic carbocycles. The van der Waals surface area contributed by atoms with E-state index in [1.54, 1.807) is 12.1 Å².